The van der Waals surface area contributed by atoms with Crippen molar-refractivity contribution in [2.24, 2.45) is 0 Å². The summed E-state index contributed by atoms with van der Waals surface area (Å²) in [5.41, 5.74) is 2.76. The zero-order valence-corrected chi connectivity index (χ0v) is 14.6. The Hall–Kier alpha value is -2.73. The van der Waals surface area contributed by atoms with Crippen molar-refractivity contribution in [1.29, 1.82) is 0 Å². The molecule has 3 rings (SSSR count). The van der Waals surface area contributed by atoms with Crippen molar-refractivity contribution in [2.45, 2.75) is 18.1 Å². The molecule has 1 aromatic heterocycles. The van der Waals surface area contributed by atoms with Crippen LogP contribution in [0.25, 0.3) is 11.3 Å². The first kappa shape index (κ1) is 17.1. The molecular formula is C19H18N4OS. The van der Waals surface area contributed by atoms with Crippen LogP contribution in [0.4, 0.5) is 0 Å². The molecular weight excluding hydrogens is 332 g/mol. The zero-order chi connectivity index (χ0) is 17.5. The SMILES string of the molecule is C[C@@H](NC(=O)CSc1ncc(-c2ccccc2)nn1)c1ccccc1. The van der Waals surface area contributed by atoms with Gasteiger partial charge < -0.3 is 5.32 Å². The summed E-state index contributed by atoms with van der Waals surface area (Å²) < 4.78 is 0. The van der Waals surface area contributed by atoms with Crippen LogP contribution in [0.1, 0.15) is 18.5 Å². The van der Waals surface area contributed by atoms with Gasteiger partial charge in [-0.2, -0.15) is 0 Å². The molecule has 0 radical (unpaired) electrons. The molecule has 1 heterocycles. The molecule has 0 aliphatic heterocycles. The minimum atomic E-state index is -0.0583. The maximum Gasteiger partial charge on any atom is 0.230 e. The largest absolute Gasteiger partial charge is 0.349 e. The quantitative estimate of drug-likeness (QED) is 0.689. The summed E-state index contributed by atoms with van der Waals surface area (Å²) in [6, 6.07) is 19.6. The van der Waals surface area contributed by atoms with Gasteiger partial charge in [0.2, 0.25) is 11.1 Å². The van der Waals surface area contributed by atoms with Crippen molar-refractivity contribution in [3.63, 3.8) is 0 Å². The minimum absolute atomic E-state index is 0.0335. The van der Waals surface area contributed by atoms with Crippen LogP contribution in [0.2, 0.25) is 0 Å². The molecule has 1 atom stereocenters. The molecule has 1 N–H and O–H groups in total. The second-order valence-corrected chi connectivity index (χ2v) is 6.42. The normalized spacial score (nSPS) is 11.7. The van der Waals surface area contributed by atoms with Crippen molar-refractivity contribution in [3.05, 3.63) is 72.4 Å². The van der Waals surface area contributed by atoms with Crippen LogP contribution < -0.4 is 5.32 Å². The van der Waals surface area contributed by atoms with E-state index in [1.165, 1.54) is 11.8 Å². The van der Waals surface area contributed by atoms with E-state index in [0.717, 1.165) is 11.1 Å². The highest BCUT2D eigenvalue weighted by Crippen LogP contribution is 2.17. The number of amides is 1. The minimum Gasteiger partial charge on any atom is -0.349 e. The number of benzene rings is 2. The van der Waals surface area contributed by atoms with E-state index < -0.39 is 0 Å². The van der Waals surface area contributed by atoms with Gasteiger partial charge >= 0.3 is 0 Å². The van der Waals surface area contributed by atoms with Gasteiger partial charge in [0, 0.05) is 5.56 Å². The fourth-order valence-corrected chi connectivity index (χ4v) is 2.88. The van der Waals surface area contributed by atoms with Gasteiger partial charge in [-0.1, -0.05) is 72.4 Å². The van der Waals surface area contributed by atoms with Crippen molar-refractivity contribution in [1.82, 2.24) is 20.5 Å². The Balaban J connectivity index is 1.52. The molecule has 5 nitrogen and oxygen atoms in total. The number of carbonyl (C=O) groups excluding carboxylic acids is 1. The summed E-state index contributed by atoms with van der Waals surface area (Å²) in [7, 11) is 0. The van der Waals surface area contributed by atoms with E-state index in [0.29, 0.717) is 10.9 Å². The van der Waals surface area contributed by atoms with Gasteiger partial charge in [0.25, 0.3) is 0 Å². The maximum absolute atomic E-state index is 12.1. The summed E-state index contributed by atoms with van der Waals surface area (Å²) >= 11 is 1.27. The number of nitrogens with zero attached hydrogens (tertiary/aromatic N) is 3. The van der Waals surface area contributed by atoms with Crippen LogP contribution in [0, 0.1) is 0 Å². The molecule has 0 fully saturated rings. The molecule has 126 valence electrons. The molecule has 25 heavy (non-hydrogen) atoms. The third kappa shape index (κ3) is 4.87. The smallest absolute Gasteiger partial charge is 0.230 e. The molecule has 0 saturated carbocycles. The Morgan fingerprint density at radius 2 is 1.72 bits per heavy atom. The monoisotopic (exact) mass is 350 g/mol. The zero-order valence-electron chi connectivity index (χ0n) is 13.8. The third-order valence-electron chi connectivity index (χ3n) is 3.62. The second-order valence-electron chi connectivity index (χ2n) is 5.48. The third-order valence-corrected chi connectivity index (χ3v) is 4.47. The summed E-state index contributed by atoms with van der Waals surface area (Å²) in [6.07, 6.45) is 1.68. The Labute approximate surface area is 150 Å². The maximum atomic E-state index is 12.1. The predicted octanol–water partition coefficient (Wildman–Crippen LogP) is 3.51. The van der Waals surface area contributed by atoms with Crippen LogP contribution >= 0.6 is 11.8 Å². The van der Waals surface area contributed by atoms with Gasteiger partial charge in [0.15, 0.2) is 0 Å². The lowest BCUT2D eigenvalue weighted by Crippen LogP contribution is -2.28. The van der Waals surface area contributed by atoms with E-state index in [1.54, 1.807) is 6.20 Å². The van der Waals surface area contributed by atoms with Crippen molar-refractivity contribution < 1.29 is 4.79 Å². The van der Waals surface area contributed by atoms with E-state index in [9.17, 15) is 4.79 Å². The number of rotatable bonds is 6. The topological polar surface area (TPSA) is 67.8 Å². The van der Waals surface area contributed by atoms with E-state index >= 15 is 0 Å². The average Bonchev–Trinajstić information content (AvgIpc) is 2.68. The fraction of sp³-hybridized carbons (Fsp3) is 0.158. The number of nitrogens with one attached hydrogen (secondary N) is 1. The van der Waals surface area contributed by atoms with Gasteiger partial charge in [-0.25, -0.2) is 4.98 Å². The summed E-state index contributed by atoms with van der Waals surface area (Å²) in [4.78, 5) is 16.4. The molecule has 0 unspecified atom stereocenters. The van der Waals surface area contributed by atoms with Crippen molar-refractivity contribution in [3.8, 4) is 11.3 Å². The number of hydrogen-bond donors (Lipinski definition) is 1. The molecule has 0 aliphatic rings. The van der Waals surface area contributed by atoms with Crippen LogP contribution in [-0.2, 0) is 4.79 Å². The Morgan fingerprint density at radius 1 is 1.04 bits per heavy atom. The van der Waals surface area contributed by atoms with Gasteiger partial charge in [0.05, 0.1) is 18.0 Å². The summed E-state index contributed by atoms with van der Waals surface area (Å²) in [5, 5.41) is 11.7. The number of thioether (sulfide) groups is 1. The van der Waals surface area contributed by atoms with Crippen molar-refractivity contribution in [2.75, 3.05) is 5.75 Å². The van der Waals surface area contributed by atoms with E-state index in [2.05, 4.69) is 20.5 Å². The highest BCUT2D eigenvalue weighted by molar-refractivity contribution is 7.99. The second kappa shape index (κ2) is 8.39. The van der Waals surface area contributed by atoms with E-state index in [1.807, 2.05) is 67.6 Å². The van der Waals surface area contributed by atoms with Crippen LogP contribution in [-0.4, -0.2) is 26.8 Å². The molecule has 0 aliphatic carbocycles. The van der Waals surface area contributed by atoms with Crippen LogP contribution in [0.3, 0.4) is 0 Å². The molecule has 0 spiro atoms. The lowest BCUT2D eigenvalue weighted by Gasteiger charge is -2.13. The fourth-order valence-electron chi connectivity index (χ4n) is 2.31. The summed E-state index contributed by atoms with van der Waals surface area (Å²) in [5.74, 6) is 0.195. The van der Waals surface area contributed by atoms with Gasteiger partial charge in [0.1, 0.15) is 5.69 Å². The number of aromatic nitrogens is 3. The van der Waals surface area contributed by atoms with Crippen LogP contribution in [0.5, 0.6) is 0 Å². The highest BCUT2D eigenvalue weighted by atomic mass is 32.2. The first-order valence-corrected chi connectivity index (χ1v) is 8.93. The highest BCUT2D eigenvalue weighted by Gasteiger charge is 2.11. The Bertz CT molecular complexity index is 810. The van der Waals surface area contributed by atoms with Crippen molar-refractivity contribution >= 4 is 17.7 Å². The molecule has 2 aromatic carbocycles. The van der Waals surface area contributed by atoms with Gasteiger partial charge in [-0.05, 0) is 12.5 Å². The standard InChI is InChI=1S/C19H18N4OS/c1-14(15-8-4-2-5-9-15)21-18(24)13-25-19-20-12-17(22-23-19)16-10-6-3-7-11-16/h2-12,14H,13H2,1H3,(H,21,24)/t14-/m1/s1. The van der Waals surface area contributed by atoms with E-state index in [4.69, 9.17) is 0 Å². The average molecular weight is 350 g/mol. The first-order chi connectivity index (χ1) is 12.2. The molecule has 1 amide bonds. The number of carbonyl (C=O) groups is 1. The van der Waals surface area contributed by atoms with E-state index in [-0.39, 0.29) is 17.7 Å². The molecule has 0 bridgehead atoms. The lowest BCUT2D eigenvalue weighted by molar-refractivity contribution is -0.119. The van der Waals surface area contributed by atoms with Crippen LogP contribution in [0.15, 0.2) is 72.0 Å². The predicted molar refractivity (Wildman–Crippen MR) is 99.0 cm³/mol. The molecule has 3 aromatic rings. The Kier molecular flexibility index (Phi) is 5.74. The summed E-state index contributed by atoms with van der Waals surface area (Å²) in [6.45, 7) is 1.96. The van der Waals surface area contributed by atoms with Gasteiger partial charge in [-0.15, -0.1) is 10.2 Å². The molecule has 6 heteroatoms. The number of hydrogen-bond acceptors (Lipinski definition) is 5. The first-order valence-electron chi connectivity index (χ1n) is 7.94. The molecule has 0 saturated heterocycles. The Morgan fingerprint density at radius 3 is 2.36 bits per heavy atom. The lowest BCUT2D eigenvalue weighted by atomic mass is 10.1. The van der Waals surface area contributed by atoms with Gasteiger partial charge in [-0.3, -0.25) is 4.79 Å².